The van der Waals surface area contributed by atoms with E-state index in [0.717, 1.165) is 44.9 Å². The lowest BCUT2D eigenvalue weighted by Crippen LogP contribution is -2.25. The molecule has 1 saturated carbocycles. The van der Waals surface area contributed by atoms with Crippen LogP contribution in [0.3, 0.4) is 0 Å². The highest BCUT2D eigenvalue weighted by atomic mass is 127. The number of carbonyl (C=O) groups excluding carboxylic acids is 1. The van der Waals surface area contributed by atoms with Gasteiger partial charge < -0.3 is 14.8 Å². The van der Waals surface area contributed by atoms with Gasteiger partial charge in [-0.3, -0.25) is 9.59 Å². The van der Waals surface area contributed by atoms with Crippen molar-refractivity contribution >= 4 is 67.2 Å². The molecule has 4 aromatic rings. The minimum atomic E-state index is -0.276. The number of anilines is 1. The minimum absolute atomic E-state index is 0.174. The molecule has 1 aliphatic carbocycles. The van der Waals surface area contributed by atoms with Crippen molar-refractivity contribution < 1.29 is 14.3 Å². The van der Waals surface area contributed by atoms with Crippen LogP contribution in [0.4, 0.5) is 5.69 Å². The number of benzene rings is 3. The van der Waals surface area contributed by atoms with Crippen molar-refractivity contribution in [1.82, 2.24) is 9.66 Å². The molecule has 0 spiro atoms. The number of nitrogens with zero attached hydrogens (tertiary/aromatic N) is 3. The second-order valence-electron chi connectivity index (χ2n) is 10.1. The van der Waals surface area contributed by atoms with Gasteiger partial charge in [-0.05, 0) is 90.4 Å². The van der Waals surface area contributed by atoms with Gasteiger partial charge in [-0.2, -0.15) is 9.78 Å². The fraction of sp³-hybridized carbons (Fsp3) is 0.290. The van der Waals surface area contributed by atoms with E-state index in [9.17, 15) is 9.59 Å². The molecule has 0 unspecified atom stereocenters. The van der Waals surface area contributed by atoms with E-state index in [0.29, 0.717) is 33.9 Å². The molecule has 5 rings (SSSR count). The Bertz CT molecular complexity index is 1660. The second-order valence-corrected chi connectivity index (χ2v) is 12.1. The van der Waals surface area contributed by atoms with Gasteiger partial charge in [0.15, 0.2) is 18.1 Å². The van der Waals surface area contributed by atoms with E-state index >= 15 is 0 Å². The molecule has 1 aliphatic rings. The Balaban J connectivity index is 1.41. The van der Waals surface area contributed by atoms with Crippen molar-refractivity contribution in [3.8, 4) is 11.5 Å². The van der Waals surface area contributed by atoms with E-state index in [-0.39, 0.29) is 24.0 Å². The van der Waals surface area contributed by atoms with Gasteiger partial charge in [0.1, 0.15) is 5.82 Å². The predicted molar refractivity (Wildman–Crippen MR) is 174 cm³/mol. The van der Waals surface area contributed by atoms with Crippen LogP contribution in [0, 0.1) is 10.5 Å². The van der Waals surface area contributed by atoms with Crippen molar-refractivity contribution in [1.29, 1.82) is 0 Å². The Morgan fingerprint density at radius 1 is 1.15 bits per heavy atom. The van der Waals surface area contributed by atoms with E-state index in [4.69, 9.17) is 14.5 Å². The molecule has 0 radical (unpaired) electrons. The van der Waals surface area contributed by atoms with Crippen LogP contribution in [0.15, 0.2) is 69.0 Å². The van der Waals surface area contributed by atoms with Crippen LogP contribution in [0.2, 0.25) is 0 Å². The molecule has 1 fully saturated rings. The molecule has 0 atom stereocenters. The van der Waals surface area contributed by atoms with Gasteiger partial charge in [-0.15, -0.1) is 0 Å². The first kappa shape index (κ1) is 29.2. The van der Waals surface area contributed by atoms with E-state index in [2.05, 4.69) is 48.9 Å². The Kier molecular flexibility index (Phi) is 9.39. The summed E-state index contributed by atoms with van der Waals surface area (Å²) in [5.41, 5.74) is 3.01. The second kappa shape index (κ2) is 13.2. The average molecular weight is 729 g/mol. The van der Waals surface area contributed by atoms with Gasteiger partial charge in [-0.25, -0.2) is 4.98 Å². The quantitative estimate of drug-likeness (QED) is 0.155. The summed E-state index contributed by atoms with van der Waals surface area (Å²) < 4.78 is 14.4. The number of ether oxygens (including phenoxy) is 2. The molecule has 0 bridgehead atoms. The number of methoxy groups -OCH3 is 1. The molecule has 10 heteroatoms. The van der Waals surface area contributed by atoms with Crippen LogP contribution < -0.4 is 20.3 Å². The smallest absolute Gasteiger partial charge is 0.282 e. The average Bonchev–Trinajstić information content (AvgIpc) is 2.97. The lowest BCUT2D eigenvalue weighted by Gasteiger charge is -2.22. The molecular weight excluding hydrogens is 699 g/mol. The predicted octanol–water partition coefficient (Wildman–Crippen LogP) is 7.03. The number of fused-ring (bicyclic) bond motifs is 1. The topological polar surface area (TPSA) is 94.8 Å². The molecule has 0 aliphatic heterocycles. The largest absolute Gasteiger partial charge is 0.493 e. The fourth-order valence-corrected chi connectivity index (χ4v) is 6.10. The third kappa shape index (κ3) is 6.98. The number of aromatic nitrogens is 2. The van der Waals surface area contributed by atoms with E-state index in [1.807, 2.05) is 49.4 Å². The summed E-state index contributed by atoms with van der Waals surface area (Å²) in [6.45, 7) is 1.81. The Labute approximate surface area is 260 Å². The Morgan fingerprint density at radius 2 is 1.90 bits per heavy atom. The fourth-order valence-electron chi connectivity index (χ4n) is 4.95. The number of carbonyl (C=O) groups is 1. The first-order valence-corrected chi connectivity index (χ1v) is 15.3. The number of hydrogen-bond acceptors (Lipinski definition) is 6. The van der Waals surface area contributed by atoms with Crippen LogP contribution in [0.5, 0.6) is 11.5 Å². The third-order valence-corrected chi connectivity index (χ3v) is 8.36. The van der Waals surface area contributed by atoms with Crippen LogP contribution >= 0.6 is 38.5 Å². The standard InChI is InChI=1S/C31H30BrIN4O4/c1-19-8-11-23(12-9-19)35-28(38)18-41-29-25(33)14-20(15-27(29)40-2)17-34-37-30(21-6-4-3-5-7-21)36-26-13-10-22(32)16-24(26)31(37)39/h8-17,21H,3-7,18H2,1-2H3,(H,35,38). The summed E-state index contributed by atoms with van der Waals surface area (Å²) in [4.78, 5) is 31.0. The van der Waals surface area contributed by atoms with Crippen molar-refractivity contribution in [2.24, 2.45) is 5.10 Å². The van der Waals surface area contributed by atoms with Gasteiger partial charge in [0.05, 0.1) is 27.8 Å². The minimum Gasteiger partial charge on any atom is -0.493 e. The summed E-state index contributed by atoms with van der Waals surface area (Å²) in [5, 5.41) is 7.98. The van der Waals surface area contributed by atoms with Gasteiger partial charge in [0.2, 0.25) is 0 Å². The number of hydrogen-bond donors (Lipinski definition) is 1. The third-order valence-electron chi connectivity index (χ3n) is 7.06. The maximum absolute atomic E-state index is 13.6. The number of amides is 1. The summed E-state index contributed by atoms with van der Waals surface area (Å²) >= 11 is 5.61. The van der Waals surface area contributed by atoms with Crippen LogP contribution in [-0.4, -0.2) is 35.5 Å². The number of rotatable bonds is 8. The highest BCUT2D eigenvalue weighted by Crippen LogP contribution is 2.34. The zero-order chi connectivity index (χ0) is 28.9. The number of aryl methyl sites for hydroxylation is 1. The molecule has 0 saturated heterocycles. The number of halogens is 2. The molecule has 1 amide bonds. The lowest BCUT2D eigenvalue weighted by atomic mass is 9.88. The van der Waals surface area contributed by atoms with Gasteiger partial charge in [0.25, 0.3) is 11.5 Å². The normalized spacial score (nSPS) is 14.0. The van der Waals surface area contributed by atoms with Crippen molar-refractivity contribution in [3.05, 3.63) is 89.9 Å². The van der Waals surface area contributed by atoms with E-state index < -0.39 is 0 Å². The van der Waals surface area contributed by atoms with Crippen LogP contribution in [-0.2, 0) is 4.79 Å². The molecule has 3 aromatic carbocycles. The Morgan fingerprint density at radius 3 is 2.63 bits per heavy atom. The molecule has 41 heavy (non-hydrogen) atoms. The summed E-state index contributed by atoms with van der Waals surface area (Å²) in [6, 6.07) is 16.8. The molecule has 1 heterocycles. The highest BCUT2D eigenvalue weighted by Gasteiger charge is 2.23. The van der Waals surface area contributed by atoms with Gasteiger partial charge >= 0.3 is 0 Å². The van der Waals surface area contributed by atoms with Crippen molar-refractivity contribution in [3.63, 3.8) is 0 Å². The molecule has 212 valence electrons. The highest BCUT2D eigenvalue weighted by molar-refractivity contribution is 14.1. The molecule has 8 nitrogen and oxygen atoms in total. The lowest BCUT2D eigenvalue weighted by molar-refractivity contribution is -0.118. The first-order chi connectivity index (χ1) is 19.8. The van der Waals surface area contributed by atoms with Crippen LogP contribution in [0.25, 0.3) is 10.9 Å². The zero-order valence-corrected chi connectivity index (χ0v) is 26.6. The SMILES string of the molecule is COc1cc(C=Nn2c(C3CCCCC3)nc3ccc(Br)cc3c2=O)cc(I)c1OCC(=O)Nc1ccc(C)cc1. The summed E-state index contributed by atoms with van der Waals surface area (Å²) in [7, 11) is 1.54. The zero-order valence-electron chi connectivity index (χ0n) is 22.8. The molecule has 1 aromatic heterocycles. The van der Waals surface area contributed by atoms with Crippen molar-refractivity contribution in [2.75, 3.05) is 19.0 Å². The van der Waals surface area contributed by atoms with Crippen LogP contribution in [0.1, 0.15) is 55.0 Å². The van der Waals surface area contributed by atoms with E-state index in [1.165, 1.54) is 11.1 Å². The maximum Gasteiger partial charge on any atom is 0.282 e. The number of nitrogens with one attached hydrogen (secondary N) is 1. The Hall–Kier alpha value is -3.25. The monoisotopic (exact) mass is 728 g/mol. The summed E-state index contributed by atoms with van der Waals surface area (Å²) in [6.07, 6.45) is 7.03. The maximum atomic E-state index is 13.6. The molecular formula is C31H30BrIN4O4. The van der Waals surface area contributed by atoms with Crippen molar-refractivity contribution in [2.45, 2.75) is 44.9 Å². The van der Waals surface area contributed by atoms with E-state index in [1.54, 1.807) is 25.5 Å². The molecule has 1 N–H and O–H groups in total. The van der Waals surface area contributed by atoms with Gasteiger partial charge in [-0.1, -0.05) is 52.9 Å². The van der Waals surface area contributed by atoms with Gasteiger partial charge in [0, 0.05) is 16.1 Å². The summed E-state index contributed by atoms with van der Waals surface area (Å²) in [5.74, 6) is 1.52. The first-order valence-electron chi connectivity index (χ1n) is 13.5.